The van der Waals surface area contributed by atoms with Crippen LogP contribution in [0.2, 0.25) is 0 Å². The second-order valence-corrected chi connectivity index (χ2v) is 11.8. The first-order valence-corrected chi connectivity index (χ1v) is 15.0. The molecular formula is C29H20N4O7S2. The number of nitro groups is 1. The molecule has 1 aliphatic rings. The number of hydrogen-bond donors (Lipinski definition) is 0. The van der Waals surface area contributed by atoms with Crippen LogP contribution in [0.4, 0.5) is 5.69 Å². The van der Waals surface area contributed by atoms with Gasteiger partial charge in [-0.05, 0) is 66.2 Å². The van der Waals surface area contributed by atoms with Crippen molar-refractivity contribution in [2.75, 3.05) is 10.8 Å². The van der Waals surface area contributed by atoms with Crippen LogP contribution < -0.4 is 14.8 Å². The van der Waals surface area contributed by atoms with Gasteiger partial charge >= 0.3 is 10.1 Å². The number of para-hydroxylation sites is 1. The fourth-order valence-corrected chi connectivity index (χ4v) is 6.65. The minimum Gasteiger partial charge on any atom is -0.379 e. The molecule has 1 unspecified atom stereocenters. The van der Waals surface area contributed by atoms with Crippen LogP contribution in [-0.2, 0) is 14.9 Å². The summed E-state index contributed by atoms with van der Waals surface area (Å²) in [5.41, 5.74) is 0.852. The summed E-state index contributed by atoms with van der Waals surface area (Å²) in [6.07, 6.45) is 0. The molecule has 0 aliphatic carbocycles. The van der Waals surface area contributed by atoms with E-state index in [2.05, 4.69) is 0 Å². The van der Waals surface area contributed by atoms with E-state index in [9.17, 15) is 28.1 Å². The third-order valence-corrected chi connectivity index (χ3v) is 9.01. The van der Waals surface area contributed by atoms with Crippen LogP contribution in [0.15, 0.2) is 113 Å². The van der Waals surface area contributed by atoms with E-state index >= 15 is 0 Å². The summed E-state index contributed by atoms with van der Waals surface area (Å²) in [6.45, 7) is 0. The molecule has 1 aliphatic heterocycles. The van der Waals surface area contributed by atoms with Crippen molar-refractivity contribution in [3.8, 4) is 17.1 Å². The number of amides is 1. The lowest BCUT2D eigenvalue weighted by molar-refractivity contribution is -0.384. The highest BCUT2D eigenvalue weighted by atomic mass is 32.2. The summed E-state index contributed by atoms with van der Waals surface area (Å²) in [5, 5.41) is 12.1. The molecule has 1 atom stereocenters. The summed E-state index contributed by atoms with van der Waals surface area (Å²) in [4.78, 5) is 42.5. The van der Waals surface area contributed by atoms with Crippen LogP contribution in [0, 0.1) is 10.1 Å². The van der Waals surface area contributed by atoms with Crippen LogP contribution in [-0.4, -0.2) is 34.7 Å². The largest absolute Gasteiger partial charge is 0.379 e. The van der Waals surface area contributed by atoms with E-state index < -0.39 is 26.0 Å². The average Bonchev–Trinajstić information content (AvgIpc) is 3.38. The zero-order valence-corrected chi connectivity index (χ0v) is 23.2. The van der Waals surface area contributed by atoms with Gasteiger partial charge in [-0.25, -0.2) is 9.99 Å². The smallest absolute Gasteiger partial charge is 0.339 e. The Kier molecular flexibility index (Phi) is 6.96. The zero-order valence-electron chi connectivity index (χ0n) is 21.6. The number of fused-ring (bicyclic) bond motifs is 1. The number of nitrogens with zero attached hydrogens (tertiary/aromatic N) is 4. The Hall–Kier alpha value is -5.01. The van der Waals surface area contributed by atoms with E-state index in [4.69, 9.17) is 9.17 Å². The van der Waals surface area contributed by atoms with E-state index in [0.29, 0.717) is 22.0 Å². The summed E-state index contributed by atoms with van der Waals surface area (Å²) in [6, 6.07) is 26.3. The summed E-state index contributed by atoms with van der Waals surface area (Å²) in [5.74, 6) is -0.0738. The number of carbonyl (C=O) groups excluding carboxylic acids is 1. The fourth-order valence-electron chi connectivity index (χ4n) is 4.56. The molecule has 1 fully saturated rings. The van der Waals surface area contributed by atoms with E-state index in [1.807, 2.05) is 0 Å². The number of rotatable bonds is 7. The Labute approximate surface area is 243 Å². The van der Waals surface area contributed by atoms with E-state index in [1.54, 1.807) is 66.7 Å². The number of nitro benzene ring substituents is 1. The molecule has 0 radical (unpaired) electrons. The maximum atomic E-state index is 13.9. The third-order valence-electron chi connectivity index (χ3n) is 6.55. The van der Waals surface area contributed by atoms with Crippen molar-refractivity contribution in [1.82, 2.24) is 9.66 Å². The van der Waals surface area contributed by atoms with E-state index in [-0.39, 0.29) is 33.8 Å². The minimum atomic E-state index is -4.07. The Bertz CT molecular complexity index is 2000. The lowest BCUT2D eigenvalue weighted by Gasteiger charge is -2.28. The average molecular weight is 601 g/mol. The first-order valence-electron chi connectivity index (χ1n) is 12.5. The third kappa shape index (κ3) is 4.99. The van der Waals surface area contributed by atoms with Gasteiger partial charge in [0.2, 0.25) is 0 Å². The first-order chi connectivity index (χ1) is 20.2. The van der Waals surface area contributed by atoms with Gasteiger partial charge in [0, 0.05) is 17.7 Å². The molecule has 5 aromatic rings. The van der Waals surface area contributed by atoms with Gasteiger partial charge in [-0.2, -0.15) is 13.1 Å². The maximum Gasteiger partial charge on any atom is 0.339 e. The molecule has 11 nitrogen and oxygen atoms in total. The highest BCUT2D eigenvalue weighted by molar-refractivity contribution is 8.00. The molecule has 2 heterocycles. The standard InChI is InChI=1S/C29H20N4O7S2/c34-26-18-41-29(20-10-14-21(15-11-20)33(36)37)31(26)32-27(30-25-9-5-4-8-24(25)28(32)35)19-12-16-22(17-13-19)40-42(38,39)23-6-2-1-3-7-23/h1-17,29H,18H2. The molecule has 0 saturated carbocycles. The van der Waals surface area contributed by atoms with Crippen LogP contribution in [0.25, 0.3) is 22.3 Å². The van der Waals surface area contributed by atoms with Crippen molar-refractivity contribution < 1.29 is 22.3 Å². The number of non-ortho nitro benzene ring substituents is 1. The number of thioether (sulfide) groups is 1. The molecule has 1 saturated heterocycles. The maximum absolute atomic E-state index is 13.9. The SMILES string of the molecule is O=C1CSC(c2ccc([N+](=O)[O-])cc2)N1n1c(-c2ccc(OS(=O)(=O)c3ccccc3)cc2)nc2ccccc2c1=O. The Morgan fingerprint density at radius 2 is 1.55 bits per heavy atom. The fraction of sp³-hybridized carbons (Fsp3) is 0.0690. The van der Waals surface area contributed by atoms with Crippen molar-refractivity contribution in [3.05, 3.63) is 129 Å². The second kappa shape index (κ2) is 10.8. The van der Waals surface area contributed by atoms with Gasteiger partial charge in [-0.15, -0.1) is 11.8 Å². The minimum absolute atomic E-state index is 0.00134. The highest BCUT2D eigenvalue weighted by Crippen LogP contribution is 2.39. The molecule has 0 N–H and O–H groups in total. The van der Waals surface area contributed by atoms with Crippen LogP contribution in [0.3, 0.4) is 0 Å². The van der Waals surface area contributed by atoms with Crippen molar-refractivity contribution in [2.45, 2.75) is 10.3 Å². The Balaban J connectivity index is 1.44. The van der Waals surface area contributed by atoms with E-state index in [1.165, 1.54) is 57.8 Å². The molecule has 1 amide bonds. The van der Waals surface area contributed by atoms with Crippen LogP contribution >= 0.6 is 11.8 Å². The van der Waals surface area contributed by atoms with Crippen molar-refractivity contribution >= 4 is 44.4 Å². The van der Waals surface area contributed by atoms with Crippen LogP contribution in [0.5, 0.6) is 5.75 Å². The lowest BCUT2D eigenvalue weighted by atomic mass is 10.1. The first kappa shape index (κ1) is 27.2. The van der Waals surface area contributed by atoms with Gasteiger partial charge in [-0.3, -0.25) is 19.7 Å². The summed E-state index contributed by atoms with van der Waals surface area (Å²) < 4.78 is 31.9. The topological polar surface area (TPSA) is 142 Å². The summed E-state index contributed by atoms with van der Waals surface area (Å²) in [7, 11) is -4.07. The van der Waals surface area contributed by atoms with Gasteiger partial charge in [0.05, 0.1) is 21.6 Å². The molecule has 1 aromatic heterocycles. The summed E-state index contributed by atoms with van der Waals surface area (Å²) >= 11 is 1.28. The van der Waals surface area contributed by atoms with Crippen molar-refractivity contribution in [1.29, 1.82) is 0 Å². The molecule has 4 aromatic carbocycles. The quantitative estimate of drug-likeness (QED) is 0.148. The number of aromatic nitrogens is 2. The van der Waals surface area contributed by atoms with Gasteiger partial charge in [0.1, 0.15) is 16.0 Å². The Morgan fingerprint density at radius 3 is 2.24 bits per heavy atom. The molecule has 210 valence electrons. The molecule has 0 spiro atoms. The molecular weight excluding hydrogens is 580 g/mol. The number of carbonyl (C=O) groups is 1. The van der Waals surface area contributed by atoms with Gasteiger partial charge in [-0.1, -0.05) is 30.3 Å². The second-order valence-electron chi connectivity index (χ2n) is 9.19. The highest BCUT2D eigenvalue weighted by Gasteiger charge is 2.37. The van der Waals surface area contributed by atoms with Gasteiger partial charge < -0.3 is 4.18 Å². The monoisotopic (exact) mass is 600 g/mol. The molecule has 0 bridgehead atoms. The predicted octanol–water partition coefficient (Wildman–Crippen LogP) is 4.65. The van der Waals surface area contributed by atoms with E-state index in [0.717, 1.165) is 0 Å². The molecule has 6 rings (SSSR count). The molecule has 42 heavy (non-hydrogen) atoms. The number of hydrogen-bond acceptors (Lipinski definition) is 9. The normalized spacial score (nSPS) is 15.2. The lowest BCUT2D eigenvalue weighted by Crippen LogP contribution is -2.46. The van der Waals surface area contributed by atoms with Crippen LogP contribution in [0.1, 0.15) is 10.9 Å². The van der Waals surface area contributed by atoms with Gasteiger partial charge in [0.25, 0.3) is 17.2 Å². The Morgan fingerprint density at radius 1 is 0.881 bits per heavy atom. The number of benzene rings is 4. The molecule has 13 heteroatoms. The van der Waals surface area contributed by atoms with Gasteiger partial charge in [0.15, 0.2) is 5.82 Å². The predicted molar refractivity (Wildman–Crippen MR) is 157 cm³/mol. The zero-order chi connectivity index (χ0) is 29.4. The van der Waals surface area contributed by atoms with Crippen molar-refractivity contribution in [2.24, 2.45) is 0 Å². The van der Waals surface area contributed by atoms with Crippen molar-refractivity contribution in [3.63, 3.8) is 0 Å².